The topological polar surface area (TPSA) is 34.4 Å². The first-order valence-corrected chi connectivity index (χ1v) is 6.65. The van der Waals surface area contributed by atoms with Crippen LogP contribution in [-0.2, 0) is 11.3 Å². The summed E-state index contributed by atoms with van der Waals surface area (Å²) in [5, 5.41) is 4.62. The molecule has 0 atom stereocenters. The maximum Gasteiger partial charge on any atom is 0.134 e. The number of para-hydroxylation sites is 1. The fraction of sp³-hybridized carbons (Fsp3) is 0.467. The molecule has 18 heavy (non-hydrogen) atoms. The highest BCUT2D eigenvalue weighted by Gasteiger charge is 2.03. The lowest BCUT2D eigenvalue weighted by molar-refractivity contribution is 0.132. The molecule has 0 saturated heterocycles. The van der Waals surface area contributed by atoms with Gasteiger partial charge in [-0.2, -0.15) is 0 Å². The van der Waals surface area contributed by atoms with Gasteiger partial charge in [0.1, 0.15) is 5.58 Å². The Bertz CT molecular complexity index is 464. The Kier molecular flexibility index (Phi) is 5.24. The van der Waals surface area contributed by atoms with Gasteiger partial charge in [-0.1, -0.05) is 25.1 Å². The summed E-state index contributed by atoms with van der Waals surface area (Å²) >= 11 is 0. The smallest absolute Gasteiger partial charge is 0.134 e. The fourth-order valence-electron chi connectivity index (χ4n) is 1.94. The number of ether oxygens (including phenoxy) is 1. The van der Waals surface area contributed by atoms with Crippen molar-refractivity contribution in [2.24, 2.45) is 0 Å². The number of hydrogen-bond acceptors (Lipinski definition) is 3. The first-order valence-electron chi connectivity index (χ1n) is 6.65. The predicted octanol–water partition coefficient (Wildman–Crippen LogP) is 3.34. The van der Waals surface area contributed by atoms with Crippen LogP contribution in [0.3, 0.4) is 0 Å². The highest BCUT2D eigenvalue weighted by atomic mass is 16.5. The summed E-state index contributed by atoms with van der Waals surface area (Å²) < 4.78 is 10.9. The molecule has 0 bridgehead atoms. The summed E-state index contributed by atoms with van der Waals surface area (Å²) in [6, 6.07) is 8.13. The first kappa shape index (κ1) is 13.1. The van der Waals surface area contributed by atoms with Crippen LogP contribution in [-0.4, -0.2) is 19.8 Å². The van der Waals surface area contributed by atoms with Gasteiger partial charge in [-0.05, 0) is 25.5 Å². The van der Waals surface area contributed by atoms with E-state index in [2.05, 4.69) is 18.3 Å². The van der Waals surface area contributed by atoms with Crippen LogP contribution >= 0.6 is 0 Å². The quantitative estimate of drug-likeness (QED) is 0.726. The summed E-state index contributed by atoms with van der Waals surface area (Å²) in [6.45, 7) is 5.66. The maximum atomic E-state index is 5.49. The van der Waals surface area contributed by atoms with Crippen LogP contribution in [0, 0.1) is 0 Å². The third-order valence-electron chi connectivity index (χ3n) is 2.87. The Morgan fingerprint density at radius 1 is 1.22 bits per heavy atom. The van der Waals surface area contributed by atoms with Crippen molar-refractivity contribution in [3.63, 3.8) is 0 Å². The van der Waals surface area contributed by atoms with Crippen LogP contribution in [0.1, 0.15) is 25.3 Å². The maximum absolute atomic E-state index is 5.49. The van der Waals surface area contributed by atoms with Gasteiger partial charge in [0.25, 0.3) is 0 Å². The standard InChI is InChI=1S/C15H21NO2/c1-2-9-17-10-5-8-16-11-13-12-18-15-7-4-3-6-14(13)15/h3-4,6-7,12,16H,2,5,8-11H2,1H3. The molecule has 3 heteroatoms. The van der Waals surface area contributed by atoms with Crippen molar-refractivity contribution in [3.8, 4) is 0 Å². The average molecular weight is 247 g/mol. The van der Waals surface area contributed by atoms with Crippen LogP contribution in [0.2, 0.25) is 0 Å². The molecule has 1 aromatic heterocycles. The van der Waals surface area contributed by atoms with E-state index in [1.807, 2.05) is 24.5 Å². The molecule has 0 unspecified atom stereocenters. The van der Waals surface area contributed by atoms with Gasteiger partial charge in [0.05, 0.1) is 6.26 Å². The van der Waals surface area contributed by atoms with Crippen molar-refractivity contribution < 1.29 is 9.15 Å². The molecule has 3 nitrogen and oxygen atoms in total. The molecule has 1 N–H and O–H groups in total. The van der Waals surface area contributed by atoms with Crippen molar-refractivity contribution >= 4 is 11.0 Å². The van der Waals surface area contributed by atoms with Gasteiger partial charge in [0.15, 0.2) is 0 Å². The lowest BCUT2D eigenvalue weighted by Gasteiger charge is -2.04. The van der Waals surface area contributed by atoms with E-state index < -0.39 is 0 Å². The van der Waals surface area contributed by atoms with E-state index in [1.54, 1.807) is 0 Å². The third-order valence-corrected chi connectivity index (χ3v) is 2.87. The van der Waals surface area contributed by atoms with Gasteiger partial charge in [0, 0.05) is 30.7 Å². The molecular formula is C15H21NO2. The number of furan rings is 1. The highest BCUT2D eigenvalue weighted by Crippen LogP contribution is 2.20. The molecule has 0 saturated carbocycles. The van der Waals surface area contributed by atoms with Gasteiger partial charge in [-0.25, -0.2) is 0 Å². The van der Waals surface area contributed by atoms with Crippen LogP contribution in [0.5, 0.6) is 0 Å². The van der Waals surface area contributed by atoms with Gasteiger partial charge in [-0.3, -0.25) is 0 Å². The van der Waals surface area contributed by atoms with Gasteiger partial charge < -0.3 is 14.5 Å². The molecule has 2 aromatic rings. The van der Waals surface area contributed by atoms with Crippen molar-refractivity contribution in [2.45, 2.75) is 26.3 Å². The normalized spacial score (nSPS) is 11.2. The summed E-state index contributed by atoms with van der Waals surface area (Å²) in [4.78, 5) is 0. The Hall–Kier alpha value is -1.32. The van der Waals surface area contributed by atoms with Crippen LogP contribution < -0.4 is 5.32 Å². The number of benzene rings is 1. The SMILES string of the molecule is CCCOCCCNCc1coc2ccccc12. The van der Waals surface area contributed by atoms with Crippen molar-refractivity contribution in [1.82, 2.24) is 5.32 Å². The third kappa shape index (κ3) is 3.59. The first-order chi connectivity index (χ1) is 8.92. The van der Waals surface area contributed by atoms with Gasteiger partial charge >= 0.3 is 0 Å². The van der Waals surface area contributed by atoms with E-state index in [4.69, 9.17) is 9.15 Å². The highest BCUT2D eigenvalue weighted by molar-refractivity contribution is 5.80. The zero-order chi connectivity index (χ0) is 12.6. The summed E-state index contributed by atoms with van der Waals surface area (Å²) in [6.07, 6.45) is 3.98. The second kappa shape index (κ2) is 7.19. The van der Waals surface area contributed by atoms with Crippen LogP contribution in [0.4, 0.5) is 0 Å². The molecule has 0 aliphatic carbocycles. The molecule has 0 fully saturated rings. The van der Waals surface area contributed by atoms with Crippen molar-refractivity contribution in [1.29, 1.82) is 0 Å². The zero-order valence-corrected chi connectivity index (χ0v) is 10.9. The van der Waals surface area contributed by atoms with Crippen molar-refractivity contribution in [3.05, 3.63) is 36.1 Å². The minimum atomic E-state index is 0.840. The van der Waals surface area contributed by atoms with Crippen LogP contribution in [0.25, 0.3) is 11.0 Å². The summed E-state index contributed by atoms with van der Waals surface area (Å²) in [7, 11) is 0. The van der Waals surface area contributed by atoms with Crippen LogP contribution in [0.15, 0.2) is 34.9 Å². The molecule has 1 heterocycles. The Labute approximate surface area is 108 Å². The molecule has 0 aliphatic heterocycles. The van der Waals surface area contributed by atoms with Gasteiger partial charge in [-0.15, -0.1) is 0 Å². The molecule has 98 valence electrons. The van der Waals surface area contributed by atoms with E-state index in [0.717, 1.165) is 44.7 Å². The van der Waals surface area contributed by atoms with Gasteiger partial charge in [0.2, 0.25) is 0 Å². The molecule has 0 spiro atoms. The minimum Gasteiger partial charge on any atom is -0.464 e. The number of rotatable bonds is 8. The summed E-state index contributed by atoms with van der Waals surface area (Å²) in [5.41, 5.74) is 2.18. The molecule has 0 amide bonds. The molecule has 1 aromatic carbocycles. The number of fused-ring (bicyclic) bond motifs is 1. The minimum absolute atomic E-state index is 0.840. The summed E-state index contributed by atoms with van der Waals surface area (Å²) in [5.74, 6) is 0. The second-order valence-electron chi connectivity index (χ2n) is 4.40. The van der Waals surface area contributed by atoms with E-state index >= 15 is 0 Å². The Balaban J connectivity index is 1.70. The predicted molar refractivity (Wildman–Crippen MR) is 73.6 cm³/mol. The Morgan fingerprint density at radius 3 is 3.00 bits per heavy atom. The number of hydrogen-bond donors (Lipinski definition) is 1. The van der Waals surface area contributed by atoms with E-state index in [1.165, 1.54) is 10.9 Å². The molecule has 0 aliphatic rings. The zero-order valence-electron chi connectivity index (χ0n) is 10.9. The number of nitrogens with one attached hydrogen (secondary N) is 1. The Morgan fingerprint density at radius 2 is 2.11 bits per heavy atom. The molecule has 2 rings (SSSR count). The van der Waals surface area contributed by atoms with E-state index in [9.17, 15) is 0 Å². The molecule has 0 radical (unpaired) electrons. The average Bonchev–Trinajstić information content (AvgIpc) is 2.81. The molecular weight excluding hydrogens is 226 g/mol. The lowest BCUT2D eigenvalue weighted by Crippen LogP contribution is -2.16. The second-order valence-corrected chi connectivity index (χ2v) is 4.40. The largest absolute Gasteiger partial charge is 0.464 e. The van der Waals surface area contributed by atoms with E-state index in [-0.39, 0.29) is 0 Å². The van der Waals surface area contributed by atoms with Crippen molar-refractivity contribution in [2.75, 3.05) is 19.8 Å². The fourth-order valence-corrected chi connectivity index (χ4v) is 1.94. The monoisotopic (exact) mass is 247 g/mol. The van der Waals surface area contributed by atoms with E-state index in [0.29, 0.717) is 0 Å². The lowest BCUT2D eigenvalue weighted by atomic mass is 10.2.